The van der Waals surface area contributed by atoms with E-state index < -0.39 is 0 Å². The van der Waals surface area contributed by atoms with E-state index >= 15 is 0 Å². The molecule has 0 bridgehead atoms. The Morgan fingerprint density at radius 1 is 1.13 bits per heavy atom. The Labute approximate surface area is 182 Å². The second-order valence-corrected chi connectivity index (χ2v) is 7.77. The Kier molecular flexibility index (Phi) is 6.02. The van der Waals surface area contributed by atoms with Crippen LogP contribution >= 0.6 is 23.4 Å². The van der Waals surface area contributed by atoms with Crippen LogP contribution in [0.15, 0.2) is 89.3 Å². The monoisotopic (exact) mass is 436 g/mol. The average molecular weight is 437 g/mol. The molecule has 4 aromatic rings. The number of halogens is 1. The van der Waals surface area contributed by atoms with E-state index in [1.807, 2.05) is 36.4 Å². The highest BCUT2D eigenvalue weighted by Crippen LogP contribution is 2.35. The zero-order valence-electron chi connectivity index (χ0n) is 15.9. The summed E-state index contributed by atoms with van der Waals surface area (Å²) < 4.78 is 6.94. The first-order valence-electron chi connectivity index (χ1n) is 8.99. The summed E-state index contributed by atoms with van der Waals surface area (Å²) in [6.45, 7) is 0. The Morgan fingerprint density at radius 3 is 2.60 bits per heavy atom. The van der Waals surface area contributed by atoms with Crippen molar-refractivity contribution < 1.29 is 9.53 Å². The molecule has 0 saturated heterocycles. The van der Waals surface area contributed by atoms with E-state index in [2.05, 4.69) is 15.3 Å². The van der Waals surface area contributed by atoms with Gasteiger partial charge in [-0.1, -0.05) is 23.4 Å². The fourth-order valence-electron chi connectivity index (χ4n) is 2.70. The normalized spacial score (nSPS) is 10.6. The van der Waals surface area contributed by atoms with Crippen LogP contribution in [-0.4, -0.2) is 27.6 Å². The van der Waals surface area contributed by atoms with Crippen molar-refractivity contribution in [3.63, 3.8) is 0 Å². The van der Waals surface area contributed by atoms with Crippen molar-refractivity contribution in [2.75, 3.05) is 12.4 Å². The van der Waals surface area contributed by atoms with E-state index in [1.54, 1.807) is 48.6 Å². The van der Waals surface area contributed by atoms with E-state index in [4.69, 9.17) is 16.3 Å². The Balaban J connectivity index is 1.43. The zero-order valence-corrected chi connectivity index (χ0v) is 17.5. The number of aromatic nitrogens is 3. The summed E-state index contributed by atoms with van der Waals surface area (Å²) in [6, 6.07) is 16.7. The molecule has 0 atom stereocenters. The van der Waals surface area contributed by atoms with Crippen molar-refractivity contribution in [1.29, 1.82) is 0 Å². The fourth-order valence-corrected chi connectivity index (χ4v) is 3.82. The molecule has 6 nitrogen and oxygen atoms in total. The van der Waals surface area contributed by atoms with Gasteiger partial charge in [-0.3, -0.25) is 9.36 Å². The third kappa shape index (κ3) is 4.64. The molecular formula is C22H17ClN4O2S. The Morgan fingerprint density at radius 2 is 1.97 bits per heavy atom. The first-order chi connectivity index (χ1) is 14.6. The van der Waals surface area contributed by atoms with Gasteiger partial charge in [0.1, 0.15) is 17.9 Å². The molecule has 1 N–H and O–H groups in total. The van der Waals surface area contributed by atoms with E-state index in [0.717, 1.165) is 15.5 Å². The minimum Gasteiger partial charge on any atom is -0.497 e. The molecule has 0 aliphatic heterocycles. The van der Waals surface area contributed by atoms with Crippen molar-refractivity contribution in [3.05, 3.63) is 90.1 Å². The van der Waals surface area contributed by atoms with Crippen LogP contribution in [0.25, 0.3) is 5.82 Å². The number of pyridine rings is 1. The highest BCUT2D eigenvalue weighted by molar-refractivity contribution is 7.99. The van der Waals surface area contributed by atoms with Crippen LogP contribution < -0.4 is 10.1 Å². The molecule has 0 saturated carbocycles. The lowest BCUT2D eigenvalue weighted by Crippen LogP contribution is -2.12. The highest BCUT2D eigenvalue weighted by Gasteiger charge is 2.10. The van der Waals surface area contributed by atoms with Gasteiger partial charge in [-0.15, -0.1) is 0 Å². The predicted octanol–water partition coefficient (Wildman–Crippen LogP) is 5.33. The standard InChI is InChI=1S/C22H17ClN4O2S/c1-29-17-4-6-18(7-5-17)30-20-8-3-16(12-19(20)23)26-22(28)15-2-9-21(25-13-15)27-11-10-24-14-27/h2-14H,1H3,(H,26,28). The lowest BCUT2D eigenvalue weighted by molar-refractivity contribution is 0.102. The number of hydrogen-bond acceptors (Lipinski definition) is 5. The maximum Gasteiger partial charge on any atom is 0.257 e. The SMILES string of the molecule is COc1ccc(Sc2ccc(NC(=O)c3ccc(-n4ccnc4)nc3)cc2Cl)cc1. The molecule has 0 fully saturated rings. The second-order valence-electron chi connectivity index (χ2n) is 6.25. The largest absolute Gasteiger partial charge is 0.497 e. The first-order valence-corrected chi connectivity index (χ1v) is 10.2. The molecule has 0 aliphatic rings. The Hall–Kier alpha value is -3.29. The number of ether oxygens (including phenoxy) is 1. The van der Waals surface area contributed by atoms with Gasteiger partial charge in [-0.05, 0) is 54.6 Å². The minimum absolute atomic E-state index is 0.258. The number of nitrogens with one attached hydrogen (secondary N) is 1. The van der Waals surface area contributed by atoms with Crippen molar-refractivity contribution >= 4 is 35.0 Å². The molecule has 0 unspecified atom stereocenters. The van der Waals surface area contributed by atoms with Gasteiger partial charge < -0.3 is 10.1 Å². The van der Waals surface area contributed by atoms with Crippen molar-refractivity contribution in [3.8, 4) is 11.6 Å². The molecule has 2 aromatic carbocycles. The maximum atomic E-state index is 12.5. The number of nitrogens with zero attached hydrogens (tertiary/aromatic N) is 3. The van der Waals surface area contributed by atoms with E-state index in [1.165, 1.54) is 18.0 Å². The molecule has 4 rings (SSSR count). The number of benzene rings is 2. The second kappa shape index (κ2) is 9.02. The quantitative estimate of drug-likeness (QED) is 0.442. The fraction of sp³-hybridized carbons (Fsp3) is 0.0455. The van der Waals surface area contributed by atoms with Gasteiger partial charge in [0.05, 0.1) is 17.7 Å². The molecule has 1 amide bonds. The van der Waals surface area contributed by atoms with Crippen LogP contribution in [0.3, 0.4) is 0 Å². The summed E-state index contributed by atoms with van der Waals surface area (Å²) in [7, 11) is 1.64. The molecular weight excluding hydrogens is 420 g/mol. The van der Waals surface area contributed by atoms with Crippen molar-refractivity contribution in [2.24, 2.45) is 0 Å². The first kappa shape index (κ1) is 20.0. The van der Waals surface area contributed by atoms with E-state index in [0.29, 0.717) is 22.1 Å². The van der Waals surface area contributed by atoms with Crippen LogP contribution in [0.5, 0.6) is 5.75 Å². The molecule has 0 aliphatic carbocycles. The summed E-state index contributed by atoms with van der Waals surface area (Å²) in [6.07, 6.45) is 6.63. The summed E-state index contributed by atoms with van der Waals surface area (Å²) in [5.74, 6) is 1.23. The number of rotatable bonds is 6. The van der Waals surface area contributed by atoms with Gasteiger partial charge >= 0.3 is 0 Å². The number of hydrogen-bond donors (Lipinski definition) is 1. The van der Waals surface area contributed by atoms with E-state index in [-0.39, 0.29) is 5.91 Å². The molecule has 30 heavy (non-hydrogen) atoms. The third-order valence-electron chi connectivity index (χ3n) is 4.26. The molecule has 2 heterocycles. The van der Waals surface area contributed by atoms with Crippen LogP contribution in [0.1, 0.15) is 10.4 Å². The number of methoxy groups -OCH3 is 1. The van der Waals surface area contributed by atoms with Gasteiger partial charge in [0.15, 0.2) is 0 Å². The molecule has 2 aromatic heterocycles. The molecule has 0 spiro atoms. The van der Waals surface area contributed by atoms with Crippen LogP contribution in [0, 0.1) is 0 Å². The smallest absolute Gasteiger partial charge is 0.257 e. The van der Waals surface area contributed by atoms with Gasteiger partial charge in [-0.25, -0.2) is 9.97 Å². The number of anilines is 1. The number of imidazole rings is 1. The number of carbonyl (C=O) groups is 1. The molecule has 0 radical (unpaired) electrons. The number of amides is 1. The third-order valence-corrected chi connectivity index (χ3v) is 5.76. The summed E-state index contributed by atoms with van der Waals surface area (Å²) >= 11 is 7.97. The molecule has 150 valence electrons. The van der Waals surface area contributed by atoms with Gasteiger partial charge in [0.2, 0.25) is 0 Å². The van der Waals surface area contributed by atoms with Crippen LogP contribution in [0.2, 0.25) is 5.02 Å². The van der Waals surface area contributed by atoms with Gasteiger partial charge in [0, 0.05) is 34.1 Å². The van der Waals surface area contributed by atoms with Crippen molar-refractivity contribution in [1.82, 2.24) is 14.5 Å². The summed E-state index contributed by atoms with van der Waals surface area (Å²) in [5, 5.41) is 3.41. The number of carbonyl (C=O) groups excluding carboxylic acids is 1. The van der Waals surface area contributed by atoms with Crippen LogP contribution in [0.4, 0.5) is 5.69 Å². The van der Waals surface area contributed by atoms with Gasteiger partial charge in [0.25, 0.3) is 5.91 Å². The highest BCUT2D eigenvalue weighted by atomic mass is 35.5. The maximum absolute atomic E-state index is 12.5. The average Bonchev–Trinajstić information content (AvgIpc) is 3.31. The van der Waals surface area contributed by atoms with Crippen molar-refractivity contribution in [2.45, 2.75) is 9.79 Å². The lowest BCUT2D eigenvalue weighted by Gasteiger charge is -2.09. The predicted molar refractivity (Wildman–Crippen MR) is 118 cm³/mol. The topological polar surface area (TPSA) is 69.0 Å². The summed E-state index contributed by atoms with van der Waals surface area (Å²) in [5.41, 5.74) is 1.06. The summed E-state index contributed by atoms with van der Waals surface area (Å²) in [4.78, 5) is 22.7. The van der Waals surface area contributed by atoms with Crippen LogP contribution in [-0.2, 0) is 0 Å². The van der Waals surface area contributed by atoms with Gasteiger partial charge in [-0.2, -0.15) is 0 Å². The van der Waals surface area contributed by atoms with E-state index in [9.17, 15) is 4.79 Å². The zero-order chi connectivity index (χ0) is 20.9. The Bertz CT molecular complexity index is 1150. The molecule has 8 heteroatoms. The minimum atomic E-state index is -0.258. The lowest BCUT2D eigenvalue weighted by atomic mass is 10.2.